The molecule has 1 saturated heterocycles. The number of likely N-dealkylation sites (tertiary alicyclic amines) is 1. The van der Waals surface area contributed by atoms with Gasteiger partial charge in [-0.15, -0.1) is 12.4 Å². The van der Waals surface area contributed by atoms with Gasteiger partial charge < -0.3 is 10.2 Å². The number of carbonyl (C=O) groups excluding carboxylic acids is 1. The van der Waals surface area contributed by atoms with Crippen LogP contribution in [0, 0.1) is 5.92 Å². The number of carbonyl (C=O) groups is 1. The molecule has 3 nitrogen and oxygen atoms in total. The third kappa shape index (κ3) is 6.63. The van der Waals surface area contributed by atoms with Crippen molar-refractivity contribution in [3.05, 3.63) is 35.4 Å². The first-order valence-corrected chi connectivity index (χ1v) is 9.59. The molecule has 0 radical (unpaired) electrons. The van der Waals surface area contributed by atoms with Crippen LogP contribution in [0.25, 0.3) is 0 Å². The van der Waals surface area contributed by atoms with Crippen molar-refractivity contribution in [2.45, 2.75) is 58.8 Å². The van der Waals surface area contributed by atoms with E-state index in [9.17, 15) is 4.79 Å². The molecule has 1 amide bonds. The van der Waals surface area contributed by atoms with E-state index in [0.717, 1.165) is 44.9 Å². The Balaban J connectivity index is 0.00000312. The molecule has 1 aliphatic heterocycles. The molecule has 1 aromatic carbocycles. The number of amides is 1. The van der Waals surface area contributed by atoms with Gasteiger partial charge in [0.25, 0.3) is 0 Å². The van der Waals surface area contributed by atoms with Crippen molar-refractivity contribution >= 4 is 18.3 Å². The quantitative estimate of drug-likeness (QED) is 0.766. The SMILES string of the molecule is CCNCC1CCN(C(=O)CC(C)c2ccc(C(C)C)cc2)CC1.Cl. The fraction of sp³-hybridized carbons (Fsp3) is 0.667. The van der Waals surface area contributed by atoms with Crippen LogP contribution >= 0.6 is 12.4 Å². The monoisotopic (exact) mass is 366 g/mol. The number of benzene rings is 1. The second-order valence-corrected chi connectivity index (χ2v) is 7.56. The topological polar surface area (TPSA) is 32.3 Å². The van der Waals surface area contributed by atoms with Crippen LogP contribution in [0.5, 0.6) is 0 Å². The van der Waals surface area contributed by atoms with Gasteiger partial charge in [-0.1, -0.05) is 52.0 Å². The van der Waals surface area contributed by atoms with Gasteiger partial charge in [0.05, 0.1) is 0 Å². The molecule has 0 bridgehead atoms. The van der Waals surface area contributed by atoms with Crippen molar-refractivity contribution in [1.29, 1.82) is 0 Å². The number of rotatable bonds is 7. The van der Waals surface area contributed by atoms with E-state index >= 15 is 0 Å². The molecule has 1 aromatic rings. The number of nitrogens with one attached hydrogen (secondary N) is 1. The van der Waals surface area contributed by atoms with Crippen molar-refractivity contribution in [1.82, 2.24) is 10.2 Å². The lowest BCUT2D eigenvalue weighted by atomic mass is 9.92. The van der Waals surface area contributed by atoms with E-state index in [1.54, 1.807) is 0 Å². The van der Waals surface area contributed by atoms with Gasteiger partial charge in [-0.2, -0.15) is 0 Å². The molecule has 25 heavy (non-hydrogen) atoms. The fourth-order valence-corrected chi connectivity index (χ4v) is 3.45. The summed E-state index contributed by atoms with van der Waals surface area (Å²) in [6.07, 6.45) is 2.89. The van der Waals surface area contributed by atoms with Crippen molar-refractivity contribution < 1.29 is 4.79 Å². The van der Waals surface area contributed by atoms with Crippen molar-refractivity contribution in [2.24, 2.45) is 5.92 Å². The predicted octanol–water partition coefficient (Wildman–Crippen LogP) is 4.57. The van der Waals surface area contributed by atoms with Crippen molar-refractivity contribution in [3.8, 4) is 0 Å². The summed E-state index contributed by atoms with van der Waals surface area (Å²) in [5.74, 6) is 1.89. The Morgan fingerprint density at radius 3 is 2.20 bits per heavy atom. The smallest absolute Gasteiger partial charge is 0.223 e. The van der Waals surface area contributed by atoms with Gasteiger partial charge in [0, 0.05) is 19.5 Å². The van der Waals surface area contributed by atoms with E-state index in [2.05, 4.69) is 62.2 Å². The third-order valence-corrected chi connectivity index (χ3v) is 5.30. The molecular formula is C21H35ClN2O. The predicted molar refractivity (Wildman–Crippen MR) is 109 cm³/mol. The minimum absolute atomic E-state index is 0. The second kappa shape index (κ2) is 10.8. The highest BCUT2D eigenvalue weighted by atomic mass is 35.5. The summed E-state index contributed by atoms with van der Waals surface area (Å²) in [6.45, 7) is 12.7. The molecule has 0 aliphatic carbocycles. The van der Waals surface area contributed by atoms with Crippen LogP contribution in [0.1, 0.15) is 69.9 Å². The lowest BCUT2D eigenvalue weighted by Gasteiger charge is -2.32. The van der Waals surface area contributed by atoms with E-state index < -0.39 is 0 Å². The number of hydrogen-bond acceptors (Lipinski definition) is 2. The van der Waals surface area contributed by atoms with Gasteiger partial charge in [-0.3, -0.25) is 4.79 Å². The molecule has 4 heteroatoms. The minimum Gasteiger partial charge on any atom is -0.343 e. The maximum atomic E-state index is 12.6. The summed E-state index contributed by atoms with van der Waals surface area (Å²) >= 11 is 0. The van der Waals surface area contributed by atoms with Crippen LogP contribution in [0.4, 0.5) is 0 Å². The number of nitrogens with zero attached hydrogens (tertiary/aromatic N) is 1. The molecule has 0 aromatic heterocycles. The Morgan fingerprint density at radius 2 is 1.68 bits per heavy atom. The Hall–Kier alpha value is -1.06. The number of halogens is 1. The second-order valence-electron chi connectivity index (χ2n) is 7.56. The van der Waals surface area contributed by atoms with E-state index in [1.165, 1.54) is 11.1 Å². The zero-order chi connectivity index (χ0) is 17.5. The maximum absolute atomic E-state index is 12.6. The highest BCUT2D eigenvalue weighted by Crippen LogP contribution is 2.24. The molecule has 142 valence electrons. The van der Waals surface area contributed by atoms with Crippen molar-refractivity contribution in [2.75, 3.05) is 26.2 Å². The molecule has 1 heterocycles. The summed E-state index contributed by atoms with van der Waals surface area (Å²) in [6, 6.07) is 8.78. The summed E-state index contributed by atoms with van der Waals surface area (Å²) in [5, 5.41) is 3.42. The van der Waals surface area contributed by atoms with E-state index in [-0.39, 0.29) is 18.3 Å². The standard InChI is InChI=1S/C21H34N2O.ClH/c1-5-22-15-18-10-12-23(13-11-18)21(24)14-17(4)20-8-6-19(7-9-20)16(2)3;/h6-9,16-18,22H,5,10-15H2,1-4H3;1H. The Bertz CT molecular complexity index is 507. The zero-order valence-electron chi connectivity index (χ0n) is 16.3. The van der Waals surface area contributed by atoms with Gasteiger partial charge in [-0.05, 0) is 54.8 Å². The highest BCUT2D eigenvalue weighted by molar-refractivity contribution is 5.85. The molecule has 1 N–H and O–H groups in total. The average Bonchev–Trinajstić information content (AvgIpc) is 2.60. The van der Waals surface area contributed by atoms with E-state index in [0.29, 0.717) is 18.2 Å². The van der Waals surface area contributed by atoms with Gasteiger partial charge >= 0.3 is 0 Å². The third-order valence-electron chi connectivity index (χ3n) is 5.30. The average molecular weight is 367 g/mol. The van der Waals surface area contributed by atoms with Crippen LogP contribution in [0.15, 0.2) is 24.3 Å². The molecule has 1 unspecified atom stereocenters. The Morgan fingerprint density at radius 1 is 1.12 bits per heavy atom. The molecule has 1 atom stereocenters. The maximum Gasteiger partial charge on any atom is 0.223 e. The molecule has 0 saturated carbocycles. The number of hydrogen-bond donors (Lipinski definition) is 1. The molecule has 0 spiro atoms. The Labute approximate surface area is 160 Å². The minimum atomic E-state index is 0. The highest BCUT2D eigenvalue weighted by Gasteiger charge is 2.23. The van der Waals surface area contributed by atoms with Crippen LogP contribution < -0.4 is 5.32 Å². The normalized spacial score (nSPS) is 16.6. The van der Waals surface area contributed by atoms with Gasteiger partial charge in [0.2, 0.25) is 5.91 Å². The molecule has 2 rings (SSSR count). The first kappa shape index (κ1) is 22.0. The molecular weight excluding hydrogens is 332 g/mol. The van der Waals surface area contributed by atoms with Gasteiger partial charge in [0.15, 0.2) is 0 Å². The first-order valence-electron chi connectivity index (χ1n) is 9.59. The van der Waals surface area contributed by atoms with Crippen LogP contribution in [-0.4, -0.2) is 37.0 Å². The van der Waals surface area contributed by atoms with Crippen LogP contribution in [-0.2, 0) is 4.79 Å². The zero-order valence-corrected chi connectivity index (χ0v) is 17.1. The first-order chi connectivity index (χ1) is 11.5. The Kier molecular flexibility index (Phi) is 9.52. The summed E-state index contributed by atoms with van der Waals surface area (Å²) < 4.78 is 0. The van der Waals surface area contributed by atoms with Gasteiger partial charge in [0.1, 0.15) is 0 Å². The molecule has 1 fully saturated rings. The van der Waals surface area contributed by atoms with E-state index in [4.69, 9.17) is 0 Å². The van der Waals surface area contributed by atoms with Crippen LogP contribution in [0.2, 0.25) is 0 Å². The summed E-state index contributed by atoms with van der Waals surface area (Å²) in [7, 11) is 0. The fourth-order valence-electron chi connectivity index (χ4n) is 3.45. The number of piperidine rings is 1. The largest absolute Gasteiger partial charge is 0.343 e. The summed E-state index contributed by atoms with van der Waals surface area (Å²) in [5.41, 5.74) is 2.63. The van der Waals surface area contributed by atoms with Crippen LogP contribution in [0.3, 0.4) is 0 Å². The summed E-state index contributed by atoms with van der Waals surface area (Å²) in [4.78, 5) is 14.7. The lowest BCUT2D eigenvalue weighted by molar-refractivity contribution is -0.132. The molecule has 1 aliphatic rings. The van der Waals surface area contributed by atoms with E-state index in [1.807, 2.05) is 0 Å². The van der Waals surface area contributed by atoms with Gasteiger partial charge in [-0.25, -0.2) is 0 Å². The lowest BCUT2D eigenvalue weighted by Crippen LogP contribution is -2.41. The van der Waals surface area contributed by atoms with Crippen molar-refractivity contribution in [3.63, 3.8) is 0 Å².